The van der Waals surface area contributed by atoms with E-state index in [-0.39, 0.29) is 0 Å². The molecule has 1 aromatic carbocycles. The second-order valence-corrected chi connectivity index (χ2v) is 6.42. The van der Waals surface area contributed by atoms with Gasteiger partial charge in [0.05, 0.1) is 10.0 Å². The largest absolute Gasteiger partial charge is 0.0888 e. The summed E-state index contributed by atoms with van der Waals surface area (Å²) in [4.78, 5) is 0.699. The molecule has 88 valence electrons. The van der Waals surface area contributed by atoms with Crippen molar-refractivity contribution in [3.05, 3.63) is 33.8 Å². The lowest BCUT2D eigenvalue weighted by Crippen LogP contribution is -2.01. The molecule has 1 unspecified atom stereocenters. The molecule has 2 rings (SSSR count). The van der Waals surface area contributed by atoms with Crippen molar-refractivity contribution in [2.75, 3.05) is 0 Å². The van der Waals surface area contributed by atoms with Crippen LogP contribution in [0, 0.1) is 5.92 Å². The Morgan fingerprint density at radius 1 is 1.31 bits per heavy atom. The standard InChI is InChI=1S/C13H15BrCl2/c14-11(9-7-8-9)5-1-3-10-4-2-6-12(15)13(10)16/h2,4,6,9,11H,1,3,5,7-8H2. The third kappa shape index (κ3) is 3.38. The zero-order valence-corrected chi connectivity index (χ0v) is 12.2. The maximum Gasteiger partial charge on any atom is 0.0624 e. The van der Waals surface area contributed by atoms with Crippen molar-refractivity contribution in [1.29, 1.82) is 0 Å². The molecule has 1 aromatic rings. The molecule has 0 saturated heterocycles. The van der Waals surface area contributed by atoms with Gasteiger partial charge in [-0.3, -0.25) is 0 Å². The van der Waals surface area contributed by atoms with Gasteiger partial charge in [0.15, 0.2) is 0 Å². The van der Waals surface area contributed by atoms with Crippen LogP contribution in [0.1, 0.15) is 31.2 Å². The van der Waals surface area contributed by atoms with Crippen LogP contribution < -0.4 is 0 Å². The van der Waals surface area contributed by atoms with Crippen molar-refractivity contribution in [2.24, 2.45) is 5.92 Å². The molecule has 0 amide bonds. The smallest absolute Gasteiger partial charge is 0.0624 e. The molecule has 0 bridgehead atoms. The van der Waals surface area contributed by atoms with Crippen LogP contribution in [-0.2, 0) is 6.42 Å². The molecule has 3 heteroatoms. The van der Waals surface area contributed by atoms with Gasteiger partial charge in [-0.1, -0.05) is 51.3 Å². The number of alkyl halides is 1. The number of aryl methyl sites for hydroxylation is 1. The summed E-state index contributed by atoms with van der Waals surface area (Å²) < 4.78 is 0. The molecule has 1 atom stereocenters. The van der Waals surface area contributed by atoms with Crippen molar-refractivity contribution in [3.63, 3.8) is 0 Å². The number of hydrogen-bond acceptors (Lipinski definition) is 0. The van der Waals surface area contributed by atoms with Gasteiger partial charge in [0.25, 0.3) is 0 Å². The van der Waals surface area contributed by atoms with Crippen molar-refractivity contribution >= 4 is 39.1 Å². The molecule has 1 fully saturated rings. The van der Waals surface area contributed by atoms with Crippen molar-refractivity contribution in [3.8, 4) is 0 Å². The van der Waals surface area contributed by atoms with Crippen molar-refractivity contribution in [1.82, 2.24) is 0 Å². The highest BCUT2D eigenvalue weighted by molar-refractivity contribution is 9.09. The number of rotatable bonds is 5. The maximum absolute atomic E-state index is 6.14. The minimum Gasteiger partial charge on any atom is -0.0888 e. The summed E-state index contributed by atoms with van der Waals surface area (Å²) in [5.74, 6) is 0.926. The first kappa shape index (κ1) is 12.7. The Hall–Kier alpha value is 0.280. The second kappa shape index (κ2) is 5.75. The van der Waals surface area contributed by atoms with Crippen LogP contribution in [0.15, 0.2) is 18.2 Å². The van der Waals surface area contributed by atoms with Crippen LogP contribution >= 0.6 is 39.1 Å². The number of hydrogen-bond donors (Lipinski definition) is 0. The molecule has 0 aromatic heterocycles. The van der Waals surface area contributed by atoms with Gasteiger partial charge < -0.3 is 0 Å². The Balaban J connectivity index is 1.82. The molecule has 0 N–H and O–H groups in total. The normalized spacial score (nSPS) is 17.4. The molecule has 1 aliphatic rings. The second-order valence-electron chi connectivity index (χ2n) is 4.46. The fraction of sp³-hybridized carbons (Fsp3) is 0.538. The van der Waals surface area contributed by atoms with Gasteiger partial charge in [-0.05, 0) is 49.7 Å². The van der Waals surface area contributed by atoms with Crippen LogP contribution in [0.3, 0.4) is 0 Å². The summed E-state index contributed by atoms with van der Waals surface area (Å²) in [5.41, 5.74) is 1.17. The lowest BCUT2D eigenvalue weighted by atomic mass is 10.1. The lowest BCUT2D eigenvalue weighted by Gasteiger charge is -2.09. The third-order valence-electron chi connectivity index (χ3n) is 3.09. The zero-order chi connectivity index (χ0) is 11.5. The first-order chi connectivity index (χ1) is 7.68. The highest BCUT2D eigenvalue weighted by Gasteiger charge is 2.28. The van der Waals surface area contributed by atoms with E-state index >= 15 is 0 Å². The Kier molecular flexibility index (Phi) is 4.57. The highest BCUT2D eigenvalue weighted by Crippen LogP contribution is 2.39. The first-order valence-corrected chi connectivity index (χ1v) is 7.42. The average Bonchev–Trinajstić information content (AvgIpc) is 3.07. The number of halogens is 3. The molecule has 0 nitrogen and oxygen atoms in total. The van der Waals surface area contributed by atoms with E-state index in [2.05, 4.69) is 22.0 Å². The zero-order valence-electron chi connectivity index (χ0n) is 9.06. The topological polar surface area (TPSA) is 0 Å². The fourth-order valence-corrected chi connectivity index (χ4v) is 3.19. The molecule has 0 spiro atoms. The van der Waals surface area contributed by atoms with E-state index in [0.29, 0.717) is 9.85 Å². The van der Waals surface area contributed by atoms with Gasteiger partial charge in [-0.2, -0.15) is 0 Å². The first-order valence-electron chi connectivity index (χ1n) is 5.75. The Morgan fingerprint density at radius 3 is 2.75 bits per heavy atom. The summed E-state index contributed by atoms with van der Waals surface area (Å²) in [6.07, 6.45) is 6.22. The average molecular weight is 322 g/mol. The monoisotopic (exact) mass is 320 g/mol. The van der Waals surface area contributed by atoms with Crippen molar-refractivity contribution < 1.29 is 0 Å². The van der Waals surface area contributed by atoms with E-state index in [1.165, 1.54) is 31.2 Å². The van der Waals surface area contributed by atoms with Gasteiger partial charge in [0.1, 0.15) is 0 Å². The van der Waals surface area contributed by atoms with Gasteiger partial charge >= 0.3 is 0 Å². The molecule has 0 aliphatic heterocycles. The van der Waals surface area contributed by atoms with Crippen LogP contribution in [0.25, 0.3) is 0 Å². The van der Waals surface area contributed by atoms with Crippen LogP contribution in [0.2, 0.25) is 10.0 Å². The predicted molar refractivity (Wildman–Crippen MR) is 74.8 cm³/mol. The summed E-state index contributed by atoms with van der Waals surface area (Å²) in [7, 11) is 0. The van der Waals surface area contributed by atoms with E-state index < -0.39 is 0 Å². The van der Waals surface area contributed by atoms with Crippen LogP contribution in [0.5, 0.6) is 0 Å². The molecule has 1 aliphatic carbocycles. The molecule has 0 radical (unpaired) electrons. The predicted octanol–water partition coefficient (Wildman–Crippen LogP) is 5.49. The van der Waals surface area contributed by atoms with E-state index in [9.17, 15) is 0 Å². The minimum absolute atomic E-state index is 0.664. The third-order valence-corrected chi connectivity index (χ3v) is 5.15. The molecular weight excluding hydrogens is 307 g/mol. The van der Waals surface area contributed by atoms with Gasteiger partial charge in [-0.25, -0.2) is 0 Å². The van der Waals surface area contributed by atoms with Crippen molar-refractivity contribution in [2.45, 2.75) is 36.9 Å². The van der Waals surface area contributed by atoms with Gasteiger partial charge in [0, 0.05) is 4.83 Å². The minimum atomic E-state index is 0.664. The molecular formula is C13H15BrCl2. The Labute approximate surface area is 115 Å². The van der Waals surface area contributed by atoms with Crippen LogP contribution in [-0.4, -0.2) is 4.83 Å². The van der Waals surface area contributed by atoms with E-state index in [4.69, 9.17) is 23.2 Å². The molecule has 1 saturated carbocycles. The summed E-state index contributed by atoms with van der Waals surface area (Å²) in [6.45, 7) is 0. The number of benzene rings is 1. The van der Waals surface area contributed by atoms with Gasteiger partial charge in [-0.15, -0.1) is 0 Å². The maximum atomic E-state index is 6.14. The van der Waals surface area contributed by atoms with Gasteiger partial charge in [0.2, 0.25) is 0 Å². The van der Waals surface area contributed by atoms with Crippen LogP contribution in [0.4, 0.5) is 0 Å². The quantitative estimate of drug-likeness (QED) is 0.629. The Morgan fingerprint density at radius 2 is 2.06 bits per heavy atom. The van der Waals surface area contributed by atoms with E-state index in [1.54, 1.807) is 0 Å². The summed E-state index contributed by atoms with van der Waals surface area (Å²) in [5, 5.41) is 1.39. The Bertz CT molecular complexity index is 361. The van der Waals surface area contributed by atoms with E-state index in [1.807, 2.05) is 12.1 Å². The summed E-state index contributed by atoms with van der Waals surface area (Å²) in [6, 6.07) is 5.87. The molecule has 16 heavy (non-hydrogen) atoms. The van der Waals surface area contributed by atoms with E-state index in [0.717, 1.165) is 17.4 Å². The fourth-order valence-electron chi connectivity index (χ4n) is 1.92. The SMILES string of the molecule is Clc1cccc(CCCC(Br)C2CC2)c1Cl. The molecule has 0 heterocycles. The summed E-state index contributed by atoms with van der Waals surface area (Å²) >= 11 is 15.9. The lowest BCUT2D eigenvalue weighted by molar-refractivity contribution is 0.654. The highest BCUT2D eigenvalue weighted by atomic mass is 79.9.